The summed E-state index contributed by atoms with van der Waals surface area (Å²) in [6.07, 6.45) is 1.13. The van der Waals surface area contributed by atoms with E-state index in [1.54, 1.807) is 30.3 Å². The summed E-state index contributed by atoms with van der Waals surface area (Å²) in [6, 6.07) is 20.0. The summed E-state index contributed by atoms with van der Waals surface area (Å²) in [5, 5.41) is 33.7. The molecule has 1 saturated heterocycles. The fourth-order valence-electron chi connectivity index (χ4n) is 4.11. The van der Waals surface area contributed by atoms with Crippen LogP contribution in [0.2, 0.25) is 0 Å². The number of ether oxygens (including phenoxy) is 2. The minimum Gasteiger partial charge on any atom is -0.618 e. The number of amides is 1. The van der Waals surface area contributed by atoms with E-state index in [0.717, 1.165) is 21.4 Å². The predicted molar refractivity (Wildman–Crippen MR) is 141 cm³/mol. The lowest BCUT2D eigenvalue weighted by Crippen LogP contribution is -2.32. The van der Waals surface area contributed by atoms with Crippen molar-refractivity contribution in [2.75, 3.05) is 11.1 Å². The fraction of sp³-hybridized carbons (Fsp3) is 0.321. The largest absolute Gasteiger partial charge is 0.618 e. The third kappa shape index (κ3) is 7.78. The van der Waals surface area contributed by atoms with Gasteiger partial charge in [-0.15, -0.1) is 0 Å². The zero-order chi connectivity index (χ0) is 26.9. The van der Waals surface area contributed by atoms with Gasteiger partial charge in [0.05, 0.1) is 18.8 Å². The smallest absolute Gasteiger partial charge is 0.303 e. The number of benzene rings is 2. The van der Waals surface area contributed by atoms with E-state index in [2.05, 4.69) is 5.32 Å². The number of carbonyl (C=O) groups is 2. The molecule has 1 aromatic heterocycles. The molecule has 1 fully saturated rings. The molecule has 200 valence electrons. The Morgan fingerprint density at radius 3 is 2.58 bits per heavy atom. The van der Waals surface area contributed by atoms with Gasteiger partial charge >= 0.3 is 5.97 Å². The molecule has 1 aliphatic heterocycles. The van der Waals surface area contributed by atoms with Gasteiger partial charge in [-0.1, -0.05) is 48.2 Å². The number of carboxylic acid groups (broad SMARTS) is 1. The standard InChI is InChI=1S/C28H30N2O7S/c31-17-19-10-12-20(13-11-19)24-16-23(18-38-26-8-1-2-14-30(26)35)36-28(37-24)21-5-3-6-22(15-21)29-25(32)7-4-9-27(33)34/h1-3,5-6,8,10-15,23-24,28,31H,4,7,9,16-18H2,(H,29,32)(H,33,34). The normalized spacial score (nSPS) is 19.1. The van der Waals surface area contributed by atoms with Crippen LogP contribution in [0.15, 0.2) is 78.0 Å². The van der Waals surface area contributed by atoms with Crippen molar-refractivity contribution in [2.45, 2.75) is 55.8 Å². The van der Waals surface area contributed by atoms with Crippen molar-refractivity contribution in [1.29, 1.82) is 0 Å². The Labute approximate surface area is 225 Å². The van der Waals surface area contributed by atoms with E-state index in [-0.39, 0.29) is 44.0 Å². The van der Waals surface area contributed by atoms with Gasteiger partial charge in [0.25, 0.3) is 5.03 Å². The van der Waals surface area contributed by atoms with Gasteiger partial charge in [0, 0.05) is 48.4 Å². The highest BCUT2D eigenvalue weighted by molar-refractivity contribution is 7.99. The van der Waals surface area contributed by atoms with E-state index < -0.39 is 12.3 Å². The Morgan fingerprint density at radius 2 is 1.84 bits per heavy atom. The highest BCUT2D eigenvalue weighted by Crippen LogP contribution is 2.39. The number of aromatic nitrogens is 1. The monoisotopic (exact) mass is 538 g/mol. The lowest BCUT2D eigenvalue weighted by atomic mass is 10.0. The van der Waals surface area contributed by atoms with Crippen LogP contribution < -0.4 is 10.0 Å². The number of hydrogen-bond donors (Lipinski definition) is 3. The number of carbonyl (C=O) groups excluding carboxylic acids is 1. The zero-order valence-electron chi connectivity index (χ0n) is 20.7. The molecule has 3 aromatic rings. The van der Waals surface area contributed by atoms with Crippen molar-refractivity contribution >= 4 is 29.3 Å². The number of nitrogens with zero attached hydrogens (tertiary/aromatic N) is 1. The van der Waals surface area contributed by atoms with Crippen LogP contribution in [0.1, 0.15) is 54.8 Å². The van der Waals surface area contributed by atoms with Gasteiger partial charge in [-0.05, 0) is 35.7 Å². The van der Waals surface area contributed by atoms with E-state index in [1.165, 1.54) is 18.0 Å². The number of hydrogen-bond acceptors (Lipinski definition) is 7. The molecular formula is C28H30N2O7S. The van der Waals surface area contributed by atoms with Gasteiger partial charge in [-0.3, -0.25) is 9.59 Å². The van der Waals surface area contributed by atoms with Crippen LogP contribution in [-0.4, -0.2) is 33.9 Å². The highest BCUT2D eigenvalue weighted by atomic mass is 32.2. The number of aliphatic carboxylic acids is 1. The first-order valence-corrected chi connectivity index (χ1v) is 13.3. The molecule has 0 radical (unpaired) electrons. The van der Waals surface area contributed by atoms with Crippen LogP contribution in [0.25, 0.3) is 0 Å². The van der Waals surface area contributed by atoms with Gasteiger partial charge in [0.2, 0.25) is 5.91 Å². The Bertz CT molecular complexity index is 1240. The number of carboxylic acids is 1. The number of aliphatic hydroxyl groups is 1. The lowest BCUT2D eigenvalue weighted by molar-refractivity contribution is -0.645. The van der Waals surface area contributed by atoms with Gasteiger partial charge in [0.15, 0.2) is 12.5 Å². The summed E-state index contributed by atoms with van der Waals surface area (Å²) in [6.45, 7) is -0.0438. The van der Waals surface area contributed by atoms with Crippen molar-refractivity contribution in [3.05, 3.63) is 94.8 Å². The van der Waals surface area contributed by atoms with Crippen molar-refractivity contribution in [2.24, 2.45) is 0 Å². The molecular weight excluding hydrogens is 508 g/mol. The molecule has 3 unspecified atom stereocenters. The van der Waals surface area contributed by atoms with Gasteiger partial charge in [-0.2, -0.15) is 4.73 Å². The third-order valence-electron chi connectivity index (χ3n) is 6.06. The number of rotatable bonds is 11. The average molecular weight is 539 g/mol. The number of aliphatic hydroxyl groups excluding tert-OH is 1. The van der Waals surface area contributed by atoms with Crippen LogP contribution in [0.4, 0.5) is 5.69 Å². The molecule has 4 rings (SSSR count). The molecule has 3 N–H and O–H groups in total. The molecule has 2 heterocycles. The molecule has 1 amide bonds. The molecule has 10 heteroatoms. The minimum absolute atomic E-state index is 0.0438. The zero-order valence-corrected chi connectivity index (χ0v) is 21.5. The summed E-state index contributed by atoms with van der Waals surface area (Å²) in [5.74, 6) is -0.659. The first-order valence-electron chi connectivity index (χ1n) is 12.3. The van der Waals surface area contributed by atoms with E-state index >= 15 is 0 Å². The summed E-state index contributed by atoms with van der Waals surface area (Å²) in [5.41, 5.74) is 3.04. The first-order chi connectivity index (χ1) is 18.4. The Morgan fingerprint density at radius 1 is 1.03 bits per heavy atom. The molecule has 0 spiro atoms. The van der Waals surface area contributed by atoms with Crippen LogP contribution in [0.5, 0.6) is 0 Å². The van der Waals surface area contributed by atoms with Crippen molar-refractivity contribution < 1.29 is 34.0 Å². The predicted octanol–water partition coefficient (Wildman–Crippen LogP) is 4.34. The maximum Gasteiger partial charge on any atom is 0.303 e. The summed E-state index contributed by atoms with van der Waals surface area (Å²) < 4.78 is 13.5. The van der Waals surface area contributed by atoms with E-state index in [9.17, 15) is 19.9 Å². The molecule has 2 aromatic carbocycles. The van der Waals surface area contributed by atoms with E-state index in [0.29, 0.717) is 22.9 Å². The van der Waals surface area contributed by atoms with Crippen LogP contribution >= 0.6 is 11.8 Å². The molecule has 3 atom stereocenters. The molecule has 9 nitrogen and oxygen atoms in total. The van der Waals surface area contributed by atoms with Gasteiger partial charge in [0.1, 0.15) is 0 Å². The quantitative estimate of drug-likeness (QED) is 0.187. The summed E-state index contributed by atoms with van der Waals surface area (Å²) in [7, 11) is 0. The van der Waals surface area contributed by atoms with E-state index in [1.807, 2.05) is 36.4 Å². The molecule has 1 aliphatic rings. The van der Waals surface area contributed by atoms with Crippen molar-refractivity contribution in [3.63, 3.8) is 0 Å². The fourth-order valence-corrected chi connectivity index (χ4v) is 5.05. The van der Waals surface area contributed by atoms with E-state index in [4.69, 9.17) is 14.6 Å². The van der Waals surface area contributed by atoms with Gasteiger partial charge in [-0.25, -0.2) is 0 Å². The molecule has 0 saturated carbocycles. The van der Waals surface area contributed by atoms with Crippen LogP contribution in [-0.2, 0) is 25.7 Å². The van der Waals surface area contributed by atoms with Crippen LogP contribution in [0.3, 0.4) is 0 Å². The van der Waals surface area contributed by atoms with Crippen LogP contribution in [0, 0.1) is 5.21 Å². The SMILES string of the molecule is O=C(O)CCCC(=O)Nc1cccc(C2OC(CSc3cccc[n+]3[O-])CC(c3ccc(CO)cc3)O2)c1. The maximum absolute atomic E-state index is 12.3. The number of nitrogens with one attached hydrogen (secondary N) is 1. The third-order valence-corrected chi connectivity index (χ3v) is 7.21. The lowest BCUT2D eigenvalue weighted by Gasteiger charge is -2.36. The number of anilines is 1. The second-order valence-corrected chi connectivity index (χ2v) is 9.99. The Hall–Kier alpha value is -3.44. The Kier molecular flexibility index (Phi) is 9.72. The average Bonchev–Trinajstić information content (AvgIpc) is 2.92. The second kappa shape index (κ2) is 13.4. The number of thioether (sulfide) groups is 1. The van der Waals surface area contributed by atoms with Crippen molar-refractivity contribution in [3.8, 4) is 0 Å². The maximum atomic E-state index is 12.3. The number of pyridine rings is 1. The Balaban J connectivity index is 1.49. The first kappa shape index (κ1) is 27.6. The molecule has 38 heavy (non-hydrogen) atoms. The molecule has 0 aliphatic carbocycles. The second-order valence-electron chi connectivity index (χ2n) is 8.95. The highest BCUT2D eigenvalue weighted by Gasteiger charge is 2.33. The molecule has 0 bridgehead atoms. The summed E-state index contributed by atoms with van der Waals surface area (Å²) >= 11 is 1.41. The van der Waals surface area contributed by atoms with Gasteiger partial charge < -0.3 is 30.2 Å². The topological polar surface area (TPSA) is 132 Å². The van der Waals surface area contributed by atoms with Crippen molar-refractivity contribution in [1.82, 2.24) is 0 Å². The summed E-state index contributed by atoms with van der Waals surface area (Å²) in [4.78, 5) is 23.0. The minimum atomic E-state index is -0.933.